The van der Waals surface area contributed by atoms with E-state index in [2.05, 4.69) is 15.2 Å². The summed E-state index contributed by atoms with van der Waals surface area (Å²) in [5.74, 6) is -0.133. The normalized spacial score (nSPS) is 14.0. The Morgan fingerprint density at radius 2 is 1.92 bits per heavy atom. The number of aliphatic imine (C=N–C) groups is 1. The van der Waals surface area contributed by atoms with Gasteiger partial charge in [-0.3, -0.25) is 0 Å². The smallest absolute Gasteiger partial charge is 0.420 e. The molecule has 0 spiro atoms. The molecule has 0 heterocycles. The van der Waals surface area contributed by atoms with E-state index >= 15 is 0 Å². The van der Waals surface area contributed by atoms with Crippen molar-refractivity contribution >= 4 is 22.3 Å². The van der Waals surface area contributed by atoms with Gasteiger partial charge in [0.2, 0.25) is 0 Å². The average molecular weight is 371 g/mol. The maximum absolute atomic E-state index is 13.5. The highest BCUT2D eigenvalue weighted by Crippen LogP contribution is 2.42. The van der Waals surface area contributed by atoms with Crippen LogP contribution in [-0.2, 0) is 6.18 Å². The number of hydrogen-bond donors (Lipinski definition) is 0. The Labute approximate surface area is 151 Å². The van der Waals surface area contributed by atoms with Crippen LogP contribution in [-0.4, -0.2) is 40.7 Å². The van der Waals surface area contributed by atoms with E-state index in [9.17, 15) is 13.2 Å². The van der Waals surface area contributed by atoms with Gasteiger partial charge in [-0.1, -0.05) is 13.0 Å². The minimum atomic E-state index is -4.52. The van der Waals surface area contributed by atoms with Gasteiger partial charge in [0.25, 0.3) is 0 Å². The zero-order chi connectivity index (χ0) is 19.4. The number of hydrogen-bond acceptors (Lipinski definition) is 2. The van der Waals surface area contributed by atoms with E-state index in [0.717, 1.165) is 6.07 Å². The third-order valence-corrected chi connectivity index (χ3v) is 4.97. The lowest BCUT2D eigenvalue weighted by atomic mass is 9.94. The monoisotopic (exact) mass is 371 g/mol. The summed E-state index contributed by atoms with van der Waals surface area (Å²) in [5.41, 5.74) is -0.642. The second-order valence-corrected chi connectivity index (χ2v) is 7.17. The first-order valence-electron chi connectivity index (χ1n) is 8.22. The molecule has 1 rings (SSSR count). The van der Waals surface area contributed by atoms with Crippen molar-refractivity contribution in [1.29, 1.82) is 0 Å². The van der Waals surface area contributed by atoms with Crippen LogP contribution in [0.2, 0.25) is 6.04 Å². The van der Waals surface area contributed by atoms with Crippen LogP contribution in [0.25, 0.3) is 0 Å². The summed E-state index contributed by atoms with van der Waals surface area (Å²) in [6.07, 6.45) is -2.99. The average Bonchev–Trinajstić information content (AvgIpc) is 2.51. The second kappa shape index (κ2) is 8.25. The van der Waals surface area contributed by atoms with Gasteiger partial charge in [-0.15, -0.1) is 0 Å². The number of benzene rings is 1. The van der Waals surface area contributed by atoms with Gasteiger partial charge in [0.05, 0.1) is 17.6 Å². The molecule has 1 unspecified atom stereocenters. The Morgan fingerprint density at radius 3 is 2.40 bits per heavy atom. The first kappa shape index (κ1) is 21.5. The lowest BCUT2D eigenvalue weighted by Gasteiger charge is -2.33. The van der Waals surface area contributed by atoms with Crippen molar-refractivity contribution in [3.8, 4) is 5.75 Å². The quantitative estimate of drug-likeness (QED) is 0.382. The van der Waals surface area contributed by atoms with E-state index < -0.39 is 17.3 Å². The van der Waals surface area contributed by atoms with E-state index in [1.54, 1.807) is 25.7 Å². The van der Waals surface area contributed by atoms with Crippen LogP contribution in [0.1, 0.15) is 38.8 Å². The van der Waals surface area contributed by atoms with Crippen molar-refractivity contribution in [2.75, 3.05) is 13.6 Å². The molecule has 0 N–H and O–H groups in total. The molecule has 1 aromatic rings. The second-order valence-electron chi connectivity index (χ2n) is 6.76. The topological polar surface area (TPSA) is 24.8 Å². The molecule has 0 aliphatic heterocycles. The number of ether oxygens (including phenoxy) is 1. The summed E-state index contributed by atoms with van der Waals surface area (Å²) >= 11 is 0. The zero-order valence-electron chi connectivity index (χ0n) is 15.7. The van der Waals surface area contributed by atoms with E-state index in [1.807, 2.05) is 20.9 Å². The van der Waals surface area contributed by atoms with Crippen LogP contribution < -0.4 is 4.74 Å². The van der Waals surface area contributed by atoms with Crippen molar-refractivity contribution in [2.24, 2.45) is 10.9 Å². The number of alkyl halides is 3. The van der Waals surface area contributed by atoms with Crippen LogP contribution in [0.4, 0.5) is 18.9 Å². The Hall–Kier alpha value is -1.50. The Balaban J connectivity index is 3.35. The van der Waals surface area contributed by atoms with Crippen LogP contribution in [0, 0.1) is 12.8 Å². The third kappa shape index (κ3) is 5.76. The molecule has 3 radical (unpaired) electrons. The molecule has 0 aliphatic carbocycles. The SMILES string of the molecule is CCN(C)C=Nc1cc(C(F)(F)F)c(OC(C)(C)C(C)C[Si])cc1C. The van der Waals surface area contributed by atoms with Crippen LogP contribution in [0.15, 0.2) is 17.1 Å². The number of rotatable bonds is 7. The van der Waals surface area contributed by atoms with Crippen molar-refractivity contribution in [2.45, 2.75) is 52.4 Å². The van der Waals surface area contributed by atoms with Gasteiger partial charge in [0, 0.05) is 23.8 Å². The lowest BCUT2D eigenvalue weighted by Crippen LogP contribution is -2.36. The fourth-order valence-corrected chi connectivity index (χ4v) is 2.48. The Bertz CT molecular complexity index is 615. The maximum atomic E-state index is 13.5. The van der Waals surface area contributed by atoms with Crippen molar-refractivity contribution in [3.63, 3.8) is 0 Å². The van der Waals surface area contributed by atoms with Crippen molar-refractivity contribution in [3.05, 3.63) is 23.3 Å². The highest BCUT2D eigenvalue weighted by molar-refractivity contribution is 6.08. The minimum absolute atomic E-state index is 0.0291. The molecule has 0 amide bonds. The van der Waals surface area contributed by atoms with E-state index in [0.29, 0.717) is 18.2 Å². The number of nitrogens with zero attached hydrogens (tertiary/aromatic N) is 2. The maximum Gasteiger partial charge on any atom is 0.420 e. The van der Waals surface area contributed by atoms with E-state index in [4.69, 9.17) is 4.74 Å². The highest BCUT2D eigenvalue weighted by Gasteiger charge is 2.37. The molecule has 0 aliphatic rings. The first-order chi connectivity index (χ1) is 11.4. The van der Waals surface area contributed by atoms with E-state index in [-0.39, 0.29) is 17.4 Å². The molecule has 0 bridgehead atoms. The fraction of sp³-hybridized carbons (Fsp3) is 0.611. The minimum Gasteiger partial charge on any atom is -0.487 e. The summed E-state index contributed by atoms with van der Waals surface area (Å²) in [4.78, 5) is 5.97. The molecule has 25 heavy (non-hydrogen) atoms. The molecule has 0 saturated carbocycles. The summed E-state index contributed by atoms with van der Waals surface area (Å²) in [5, 5.41) is 0. The van der Waals surface area contributed by atoms with Gasteiger partial charge >= 0.3 is 6.18 Å². The summed E-state index contributed by atoms with van der Waals surface area (Å²) < 4.78 is 46.4. The van der Waals surface area contributed by atoms with Gasteiger partial charge in [0.15, 0.2) is 0 Å². The molecular formula is C18H26F3N2OSi. The summed E-state index contributed by atoms with van der Waals surface area (Å²) in [7, 11) is 5.22. The van der Waals surface area contributed by atoms with Gasteiger partial charge in [-0.2, -0.15) is 13.2 Å². The lowest BCUT2D eigenvalue weighted by molar-refractivity contribution is -0.140. The molecule has 7 heteroatoms. The molecule has 0 fully saturated rings. The Morgan fingerprint density at radius 1 is 1.32 bits per heavy atom. The first-order valence-corrected chi connectivity index (χ1v) is 8.93. The molecule has 3 nitrogen and oxygen atoms in total. The molecule has 0 saturated heterocycles. The van der Waals surface area contributed by atoms with Gasteiger partial charge in [0.1, 0.15) is 11.4 Å². The summed E-state index contributed by atoms with van der Waals surface area (Å²) in [6, 6.07) is 3.10. The number of aryl methyl sites for hydroxylation is 1. The predicted octanol–water partition coefficient (Wildman–Crippen LogP) is 5.01. The number of halogens is 3. The van der Waals surface area contributed by atoms with Crippen molar-refractivity contribution in [1.82, 2.24) is 4.90 Å². The standard InChI is InChI=1S/C18H26F3N2OSi/c1-7-23(6)11-22-15-9-14(18(19,20)21)16(8-12(15)2)24-17(4,5)13(3)10-25/h8-9,11,13H,7,10H2,1-6H3. The van der Waals surface area contributed by atoms with Crippen LogP contribution in [0.3, 0.4) is 0 Å². The molecule has 139 valence electrons. The summed E-state index contributed by atoms with van der Waals surface area (Å²) in [6.45, 7) is 9.88. The van der Waals surface area contributed by atoms with Crippen LogP contribution >= 0.6 is 0 Å². The molecule has 1 aromatic carbocycles. The molecule has 1 atom stereocenters. The Kier molecular flexibility index (Phi) is 7.11. The third-order valence-electron chi connectivity index (χ3n) is 4.36. The molecule has 0 aromatic heterocycles. The zero-order valence-corrected chi connectivity index (χ0v) is 16.7. The van der Waals surface area contributed by atoms with Crippen LogP contribution in [0.5, 0.6) is 5.75 Å². The molecular weight excluding hydrogens is 345 g/mol. The predicted molar refractivity (Wildman–Crippen MR) is 97.1 cm³/mol. The van der Waals surface area contributed by atoms with E-state index in [1.165, 1.54) is 12.4 Å². The largest absolute Gasteiger partial charge is 0.487 e. The highest BCUT2D eigenvalue weighted by atomic mass is 28.1. The van der Waals surface area contributed by atoms with Gasteiger partial charge in [-0.25, -0.2) is 4.99 Å². The fourth-order valence-electron chi connectivity index (χ4n) is 1.99. The van der Waals surface area contributed by atoms with Gasteiger partial charge in [-0.05, 0) is 51.3 Å². The van der Waals surface area contributed by atoms with Gasteiger partial charge < -0.3 is 9.64 Å². The van der Waals surface area contributed by atoms with Crippen molar-refractivity contribution < 1.29 is 17.9 Å².